The summed E-state index contributed by atoms with van der Waals surface area (Å²) < 4.78 is 11.2. The lowest BCUT2D eigenvalue weighted by Crippen LogP contribution is -2.14. The number of para-hydroxylation sites is 1. The molecule has 0 radical (unpaired) electrons. The molecule has 0 spiro atoms. The average molecular weight is 414 g/mol. The van der Waals surface area contributed by atoms with Crippen molar-refractivity contribution in [3.63, 3.8) is 0 Å². The molecule has 1 aliphatic rings. The van der Waals surface area contributed by atoms with E-state index < -0.39 is 0 Å². The Morgan fingerprint density at radius 2 is 1.93 bits per heavy atom. The maximum atomic E-state index is 12.3. The van der Waals surface area contributed by atoms with Gasteiger partial charge in [0.25, 0.3) is 5.56 Å². The van der Waals surface area contributed by atoms with Gasteiger partial charge < -0.3 is 19.8 Å². The number of fused-ring (bicyclic) bond motifs is 2. The number of carbonyl (C=O) groups excluding carboxylic acids is 1. The van der Waals surface area contributed by atoms with Gasteiger partial charge in [0.15, 0.2) is 11.5 Å². The second-order valence-corrected chi connectivity index (χ2v) is 7.17. The third kappa shape index (κ3) is 4.51. The van der Waals surface area contributed by atoms with Gasteiger partial charge in [0.05, 0.1) is 34.8 Å². The number of ether oxygens (including phenoxy) is 2. The highest BCUT2D eigenvalue weighted by atomic mass is 35.5. The minimum Gasteiger partial charge on any atom is -0.490 e. The van der Waals surface area contributed by atoms with E-state index in [4.69, 9.17) is 21.1 Å². The number of rotatable bonds is 5. The van der Waals surface area contributed by atoms with E-state index in [1.54, 1.807) is 30.3 Å². The number of aromatic amines is 1. The summed E-state index contributed by atoms with van der Waals surface area (Å²) in [5.41, 5.74) is 0.960. The van der Waals surface area contributed by atoms with Crippen LogP contribution < -0.4 is 20.3 Å². The Kier molecular flexibility index (Phi) is 5.67. The van der Waals surface area contributed by atoms with Gasteiger partial charge in [-0.1, -0.05) is 23.7 Å². The van der Waals surface area contributed by atoms with Gasteiger partial charge in [-0.3, -0.25) is 9.59 Å². The molecule has 1 aliphatic heterocycles. The Hall–Kier alpha value is -3.06. The summed E-state index contributed by atoms with van der Waals surface area (Å²) in [4.78, 5) is 31.7. The minimum atomic E-state index is -0.176. The van der Waals surface area contributed by atoms with Crippen molar-refractivity contribution in [1.82, 2.24) is 9.97 Å². The fourth-order valence-corrected chi connectivity index (χ4v) is 3.36. The lowest BCUT2D eigenvalue weighted by Gasteiger charge is -2.12. The Bertz CT molecular complexity index is 1110. The van der Waals surface area contributed by atoms with Crippen molar-refractivity contribution in [3.8, 4) is 11.5 Å². The van der Waals surface area contributed by atoms with E-state index in [9.17, 15) is 9.59 Å². The van der Waals surface area contributed by atoms with Crippen molar-refractivity contribution in [2.45, 2.75) is 25.7 Å². The second-order valence-electron chi connectivity index (χ2n) is 6.76. The number of nitrogens with zero attached hydrogens (tertiary/aromatic N) is 1. The molecule has 2 aromatic carbocycles. The normalized spacial score (nSPS) is 13.1. The van der Waals surface area contributed by atoms with Crippen molar-refractivity contribution in [2.75, 3.05) is 18.5 Å². The van der Waals surface area contributed by atoms with Crippen molar-refractivity contribution >= 4 is 34.1 Å². The maximum Gasteiger partial charge on any atom is 0.258 e. The van der Waals surface area contributed by atoms with Gasteiger partial charge >= 0.3 is 0 Å². The maximum absolute atomic E-state index is 12.3. The zero-order chi connectivity index (χ0) is 20.2. The first-order chi connectivity index (χ1) is 14.1. The number of halogens is 1. The molecule has 3 aromatic rings. The molecule has 0 saturated heterocycles. The summed E-state index contributed by atoms with van der Waals surface area (Å²) in [5, 5.41) is 3.75. The highest BCUT2D eigenvalue weighted by molar-refractivity contribution is 6.34. The molecule has 0 atom stereocenters. The van der Waals surface area contributed by atoms with E-state index in [1.165, 1.54) is 0 Å². The molecule has 7 nitrogen and oxygen atoms in total. The van der Waals surface area contributed by atoms with Gasteiger partial charge in [-0.2, -0.15) is 0 Å². The fraction of sp³-hybridized carbons (Fsp3) is 0.286. The third-order valence-electron chi connectivity index (χ3n) is 4.59. The van der Waals surface area contributed by atoms with Crippen LogP contribution in [0.15, 0.2) is 41.2 Å². The third-order valence-corrected chi connectivity index (χ3v) is 4.90. The monoisotopic (exact) mass is 413 g/mol. The average Bonchev–Trinajstić information content (AvgIpc) is 2.93. The quantitative estimate of drug-likeness (QED) is 0.665. The van der Waals surface area contributed by atoms with Gasteiger partial charge in [-0.15, -0.1) is 0 Å². The molecule has 0 aliphatic carbocycles. The molecule has 4 rings (SSSR count). The molecule has 8 heteroatoms. The van der Waals surface area contributed by atoms with Crippen LogP contribution in [0.5, 0.6) is 11.5 Å². The van der Waals surface area contributed by atoms with Crippen molar-refractivity contribution in [1.29, 1.82) is 0 Å². The summed E-state index contributed by atoms with van der Waals surface area (Å²) in [7, 11) is 0. The van der Waals surface area contributed by atoms with E-state index in [2.05, 4.69) is 15.3 Å². The molecule has 0 fully saturated rings. The van der Waals surface area contributed by atoms with Crippen molar-refractivity contribution in [2.24, 2.45) is 0 Å². The van der Waals surface area contributed by atoms with Crippen LogP contribution in [0.3, 0.4) is 0 Å². The largest absolute Gasteiger partial charge is 0.490 e. The molecule has 2 heterocycles. The van der Waals surface area contributed by atoms with Gasteiger partial charge in [0.2, 0.25) is 5.91 Å². The smallest absolute Gasteiger partial charge is 0.258 e. The van der Waals surface area contributed by atoms with Crippen LogP contribution in [0.4, 0.5) is 5.69 Å². The molecule has 0 bridgehead atoms. The Labute approximate surface area is 172 Å². The van der Waals surface area contributed by atoms with Crippen LogP contribution in [0.25, 0.3) is 10.9 Å². The standard InChI is InChI=1S/C21H20ClN3O4/c22-14-11-17-18(29-10-4-9-28-17)12-16(14)24-20(26)8-3-7-19-23-15-6-2-1-5-13(15)21(27)25-19/h1-2,5-6,11-12H,3-4,7-10H2,(H,24,26)(H,23,25,27). The highest BCUT2D eigenvalue weighted by Crippen LogP contribution is 2.37. The summed E-state index contributed by atoms with van der Waals surface area (Å²) in [6, 6.07) is 10.5. The van der Waals surface area contributed by atoms with Crippen molar-refractivity contribution in [3.05, 3.63) is 57.6 Å². The predicted molar refractivity (Wildman–Crippen MR) is 111 cm³/mol. The van der Waals surface area contributed by atoms with E-state index in [0.29, 0.717) is 65.0 Å². The number of aryl methyl sites for hydroxylation is 1. The molecular weight excluding hydrogens is 394 g/mol. The highest BCUT2D eigenvalue weighted by Gasteiger charge is 2.15. The van der Waals surface area contributed by atoms with Crippen LogP contribution in [0, 0.1) is 0 Å². The first-order valence-electron chi connectivity index (χ1n) is 9.47. The summed E-state index contributed by atoms with van der Waals surface area (Å²) in [6.45, 7) is 1.12. The number of nitrogens with one attached hydrogen (secondary N) is 2. The molecular formula is C21H20ClN3O4. The lowest BCUT2D eigenvalue weighted by atomic mass is 10.2. The molecule has 29 heavy (non-hydrogen) atoms. The van der Waals surface area contributed by atoms with Crippen LogP contribution in [-0.4, -0.2) is 29.1 Å². The minimum absolute atomic E-state index is 0.172. The fourth-order valence-electron chi connectivity index (χ4n) is 3.16. The van der Waals surface area contributed by atoms with Gasteiger partial charge in [-0.25, -0.2) is 4.98 Å². The molecule has 1 amide bonds. The lowest BCUT2D eigenvalue weighted by molar-refractivity contribution is -0.116. The summed E-state index contributed by atoms with van der Waals surface area (Å²) in [6.07, 6.45) is 2.08. The number of benzene rings is 2. The number of carbonyl (C=O) groups is 1. The van der Waals surface area contributed by atoms with Crippen LogP contribution in [0.1, 0.15) is 25.1 Å². The summed E-state index contributed by atoms with van der Waals surface area (Å²) >= 11 is 6.26. The summed E-state index contributed by atoms with van der Waals surface area (Å²) in [5.74, 6) is 1.54. The number of amides is 1. The number of anilines is 1. The van der Waals surface area contributed by atoms with Gasteiger partial charge in [-0.05, 0) is 18.6 Å². The SMILES string of the molecule is O=C(CCCc1nc2ccccc2c(=O)[nH]1)Nc1cc2c(cc1Cl)OCCCO2. The zero-order valence-electron chi connectivity index (χ0n) is 15.7. The van der Waals surface area contributed by atoms with Crippen LogP contribution >= 0.6 is 11.6 Å². The molecule has 0 saturated carbocycles. The Morgan fingerprint density at radius 3 is 2.76 bits per heavy atom. The van der Waals surface area contributed by atoms with Crippen LogP contribution in [0.2, 0.25) is 5.02 Å². The Balaban J connectivity index is 1.37. The van der Waals surface area contributed by atoms with E-state index in [1.807, 2.05) is 6.07 Å². The van der Waals surface area contributed by atoms with Gasteiger partial charge in [0.1, 0.15) is 5.82 Å². The second kappa shape index (κ2) is 8.53. The molecule has 1 aromatic heterocycles. The van der Waals surface area contributed by atoms with Crippen LogP contribution in [-0.2, 0) is 11.2 Å². The molecule has 2 N–H and O–H groups in total. The molecule has 150 valence electrons. The van der Waals surface area contributed by atoms with E-state index in [0.717, 1.165) is 6.42 Å². The van der Waals surface area contributed by atoms with E-state index >= 15 is 0 Å². The Morgan fingerprint density at radius 1 is 1.17 bits per heavy atom. The van der Waals surface area contributed by atoms with Crippen molar-refractivity contribution < 1.29 is 14.3 Å². The predicted octanol–water partition coefficient (Wildman–Crippen LogP) is 3.70. The van der Waals surface area contributed by atoms with Gasteiger partial charge in [0, 0.05) is 31.4 Å². The number of hydrogen-bond acceptors (Lipinski definition) is 5. The van der Waals surface area contributed by atoms with E-state index in [-0.39, 0.29) is 17.9 Å². The topological polar surface area (TPSA) is 93.3 Å². The number of H-pyrrole nitrogens is 1. The number of hydrogen-bond donors (Lipinski definition) is 2. The first-order valence-corrected chi connectivity index (χ1v) is 9.85. The zero-order valence-corrected chi connectivity index (χ0v) is 16.4. The molecule has 0 unspecified atom stereocenters. The first kappa shape index (κ1) is 19.3. The number of aromatic nitrogens is 2.